The molecule has 3 rings (SSSR count). The fraction of sp³-hybridized carbons (Fsp3) is 0.556. The summed E-state index contributed by atoms with van der Waals surface area (Å²) in [5.41, 5.74) is 0.395. The lowest BCUT2D eigenvalue weighted by Gasteiger charge is -2.31. The second kappa shape index (κ2) is 7.40. The van der Waals surface area contributed by atoms with Crippen molar-refractivity contribution < 1.29 is 4.39 Å². The highest BCUT2D eigenvalue weighted by Crippen LogP contribution is 2.25. The molecule has 1 aromatic carbocycles. The molecule has 1 atom stereocenters. The summed E-state index contributed by atoms with van der Waals surface area (Å²) in [6, 6.07) is 4.35. The van der Waals surface area contributed by atoms with Crippen molar-refractivity contribution in [1.82, 2.24) is 19.8 Å². The van der Waals surface area contributed by atoms with E-state index in [4.69, 9.17) is 4.98 Å². The number of nitrogens with zero attached hydrogens (tertiary/aromatic N) is 3. The first kappa shape index (κ1) is 17.0. The summed E-state index contributed by atoms with van der Waals surface area (Å²) in [5, 5.41) is 3.76. The van der Waals surface area contributed by atoms with Crippen LogP contribution in [0.5, 0.6) is 0 Å². The number of hydrogen-bond acceptors (Lipinski definition) is 4. The smallest absolute Gasteiger partial charge is 0.261 e. The second-order valence-corrected chi connectivity index (χ2v) is 6.44. The van der Waals surface area contributed by atoms with E-state index >= 15 is 0 Å². The Hall–Kier alpha value is -1.79. The van der Waals surface area contributed by atoms with E-state index in [1.165, 1.54) is 12.1 Å². The lowest BCUT2D eigenvalue weighted by atomic mass is 10.1. The Bertz CT molecular complexity index is 765. The monoisotopic (exact) mass is 332 g/mol. The van der Waals surface area contributed by atoms with E-state index < -0.39 is 5.82 Å². The van der Waals surface area contributed by atoms with Gasteiger partial charge in [-0.25, -0.2) is 9.37 Å². The van der Waals surface area contributed by atoms with Crippen LogP contribution in [-0.4, -0.2) is 40.6 Å². The number of aromatic nitrogens is 2. The number of halogens is 1. The zero-order valence-corrected chi connectivity index (χ0v) is 14.4. The summed E-state index contributed by atoms with van der Waals surface area (Å²) in [6.07, 6.45) is 3.06. The molecule has 0 unspecified atom stereocenters. The second-order valence-electron chi connectivity index (χ2n) is 6.44. The van der Waals surface area contributed by atoms with Crippen LogP contribution in [0.2, 0.25) is 0 Å². The molecule has 2 aromatic rings. The minimum absolute atomic E-state index is 0.113. The first-order valence-corrected chi connectivity index (χ1v) is 8.72. The molecular formula is C18H25FN4O. The van der Waals surface area contributed by atoms with E-state index in [2.05, 4.69) is 17.1 Å². The molecule has 130 valence electrons. The van der Waals surface area contributed by atoms with Gasteiger partial charge in [-0.1, -0.05) is 13.3 Å². The molecule has 1 N–H and O–H groups in total. The topological polar surface area (TPSA) is 50.2 Å². The SMILES string of the molecule is CCC[C@H](c1nc2ccc(F)cc2c(=O)n1C)N1CCCNCC1. The number of hydrogen-bond donors (Lipinski definition) is 1. The van der Waals surface area contributed by atoms with Crippen molar-refractivity contribution in [3.05, 3.63) is 40.2 Å². The minimum atomic E-state index is -0.405. The lowest BCUT2D eigenvalue weighted by Crippen LogP contribution is -2.36. The van der Waals surface area contributed by atoms with Crippen LogP contribution in [0.4, 0.5) is 4.39 Å². The maximum Gasteiger partial charge on any atom is 0.261 e. The Kier molecular flexibility index (Phi) is 5.26. The Morgan fingerprint density at radius 1 is 1.33 bits per heavy atom. The van der Waals surface area contributed by atoms with Crippen molar-refractivity contribution in [1.29, 1.82) is 0 Å². The Morgan fingerprint density at radius 3 is 2.96 bits per heavy atom. The number of benzene rings is 1. The number of fused-ring (bicyclic) bond motifs is 1. The van der Waals surface area contributed by atoms with Gasteiger partial charge in [0, 0.05) is 26.7 Å². The molecule has 0 amide bonds. The molecular weight excluding hydrogens is 307 g/mol. The third kappa shape index (κ3) is 3.35. The summed E-state index contributed by atoms with van der Waals surface area (Å²) in [5.74, 6) is 0.376. The third-order valence-electron chi connectivity index (χ3n) is 4.75. The van der Waals surface area contributed by atoms with Gasteiger partial charge in [-0.2, -0.15) is 0 Å². The molecule has 0 aliphatic carbocycles. The molecule has 24 heavy (non-hydrogen) atoms. The average Bonchev–Trinajstić information content (AvgIpc) is 2.86. The van der Waals surface area contributed by atoms with Gasteiger partial charge in [-0.05, 0) is 37.6 Å². The van der Waals surface area contributed by atoms with Gasteiger partial charge in [0.25, 0.3) is 5.56 Å². The van der Waals surface area contributed by atoms with Gasteiger partial charge < -0.3 is 5.32 Å². The Balaban J connectivity index is 2.08. The quantitative estimate of drug-likeness (QED) is 0.933. The molecule has 0 spiro atoms. The largest absolute Gasteiger partial charge is 0.315 e. The minimum Gasteiger partial charge on any atom is -0.315 e. The third-order valence-corrected chi connectivity index (χ3v) is 4.75. The van der Waals surface area contributed by atoms with Crippen molar-refractivity contribution >= 4 is 10.9 Å². The van der Waals surface area contributed by atoms with Gasteiger partial charge in [0.15, 0.2) is 0 Å². The maximum atomic E-state index is 13.5. The summed E-state index contributed by atoms with van der Waals surface area (Å²) in [7, 11) is 1.74. The van der Waals surface area contributed by atoms with Crippen molar-refractivity contribution in [2.24, 2.45) is 7.05 Å². The number of nitrogens with one attached hydrogen (secondary N) is 1. The summed E-state index contributed by atoms with van der Waals surface area (Å²) in [4.78, 5) is 19.8. The highest BCUT2D eigenvalue weighted by Gasteiger charge is 2.25. The summed E-state index contributed by atoms with van der Waals surface area (Å²) >= 11 is 0. The van der Waals surface area contributed by atoms with Crippen LogP contribution in [0.25, 0.3) is 10.9 Å². The van der Waals surface area contributed by atoms with E-state index in [0.29, 0.717) is 10.9 Å². The van der Waals surface area contributed by atoms with Gasteiger partial charge >= 0.3 is 0 Å². The van der Waals surface area contributed by atoms with Crippen LogP contribution in [0.1, 0.15) is 38.1 Å². The van der Waals surface area contributed by atoms with E-state index in [1.54, 1.807) is 17.7 Å². The van der Waals surface area contributed by atoms with Gasteiger partial charge in [0.2, 0.25) is 0 Å². The van der Waals surface area contributed by atoms with E-state index in [0.717, 1.165) is 51.3 Å². The fourth-order valence-electron chi connectivity index (χ4n) is 3.48. The highest BCUT2D eigenvalue weighted by molar-refractivity contribution is 5.77. The van der Waals surface area contributed by atoms with E-state index in [9.17, 15) is 9.18 Å². The molecule has 6 heteroatoms. The van der Waals surface area contributed by atoms with Gasteiger partial charge in [0.1, 0.15) is 11.6 Å². The predicted molar refractivity (Wildman–Crippen MR) is 93.7 cm³/mol. The number of rotatable bonds is 4. The van der Waals surface area contributed by atoms with Gasteiger partial charge in [0.05, 0.1) is 16.9 Å². The zero-order chi connectivity index (χ0) is 17.1. The zero-order valence-electron chi connectivity index (χ0n) is 14.4. The first-order valence-electron chi connectivity index (χ1n) is 8.72. The summed E-state index contributed by atoms with van der Waals surface area (Å²) in [6.45, 7) is 6.07. The standard InChI is InChI=1S/C18H25FN4O/c1-3-5-16(23-10-4-8-20-9-11-23)17-21-15-7-6-13(19)12-14(15)18(24)22(17)2/h6-7,12,16,20H,3-5,8-11H2,1-2H3/t16-/m1/s1. The summed E-state index contributed by atoms with van der Waals surface area (Å²) < 4.78 is 15.1. The lowest BCUT2D eigenvalue weighted by molar-refractivity contribution is 0.187. The van der Waals surface area contributed by atoms with Crippen molar-refractivity contribution in [3.63, 3.8) is 0 Å². The van der Waals surface area contributed by atoms with E-state index in [-0.39, 0.29) is 11.6 Å². The van der Waals surface area contributed by atoms with Crippen molar-refractivity contribution in [2.45, 2.75) is 32.2 Å². The molecule has 1 aromatic heterocycles. The molecule has 5 nitrogen and oxygen atoms in total. The Morgan fingerprint density at radius 2 is 2.17 bits per heavy atom. The molecule has 1 fully saturated rings. The average molecular weight is 332 g/mol. The molecule has 1 saturated heterocycles. The molecule has 0 bridgehead atoms. The van der Waals surface area contributed by atoms with Gasteiger partial charge in [-0.3, -0.25) is 14.3 Å². The van der Waals surface area contributed by atoms with E-state index in [1.807, 2.05) is 0 Å². The molecule has 1 aliphatic rings. The van der Waals surface area contributed by atoms with Crippen LogP contribution in [0, 0.1) is 5.82 Å². The molecule has 0 radical (unpaired) electrons. The van der Waals surface area contributed by atoms with Crippen LogP contribution in [0.3, 0.4) is 0 Å². The highest BCUT2D eigenvalue weighted by atomic mass is 19.1. The predicted octanol–water partition coefficient (Wildman–Crippen LogP) is 2.21. The van der Waals surface area contributed by atoms with Crippen LogP contribution in [-0.2, 0) is 7.05 Å². The molecule has 0 saturated carbocycles. The van der Waals surface area contributed by atoms with Gasteiger partial charge in [-0.15, -0.1) is 0 Å². The van der Waals surface area contributed by atoms with Crippen molar-refractivity contribution in [3.8, 4) is 0 Å². The van der Waals surface area contributed by atoms with Crippen LogP contribution in [0.15, 0.2) is 23.0 Å². The normalized spacial score (nSPS) is 17.8. The van der Waals surface area contributed by atoms with Crippen LogP contribution < -0.4 is 10.9 Å². The fourth-order valence-corrected chi connectivity index (χ4v) is 3.48. The molecule has 2 heterocycles. The molecule has 1 aliphatic heterocycles. The maximum absolute atomic E-state index is 13.5. The van der Waals surface area contributed by atoms with Crippen LogP contribution >= 0.6 is 0 Å². The first-order chi connectivity index (χ1) is 11.6. The Labute approximate surface area is 141 Å². The van der Waals surface area contributed by atoms with Crippen molar-refractivity contribution in [2.75, 3.05) is 26.2 Å².